The van der Waals surface area contributed by atoms with Crippen LogP contribution >= 0.6 is 0 Å². The average molecular weight is 433 g/mol. The van der Waals surface area contributed by atoms with Gasteiger partial charge in [-0.1, -0.05) is 94.3 Å². The number of carbonyl (C=O) groups is 1. The first-order chi connectivity index (χ1) is 14.8. The maximum absolute atomic E-state index is 12.9. The summed E-state index contributed by atoms with van der Waals surface area (Å²) in [4.78, 5) is 12.9. The lowest BCUT2D eigenvalue weighted by Crippen LogP contribution is -2.66. The zero-order valence-corrected chi connectivity index (χ0v) is 20.5. The zero-order valence-electron chi connectivity index (χ0n) is 19.5. The third-order valence-electron chi connectivity index (χ3n) is 7.43. The van der Waals surface area contributed by atoms with Gasteiger partial charge < -0.3 is 4.74 Å². The fraction of sp³-hybridized carbons (Fsp3) is 0.464. The molecule has 0 amide bonds. The molecule has 1 aliphatic heterocycles. The number of benzene rings is 2. The monoisotopic (exact) mass is 432 g/mol. The zero-order chi connectivity index (χ0) is 22.1. The lowest BCUT2D eigenvalue weighted by atomic mass is 9.97. The summed E-state index contributed by atoms with van der Waals surface area (Å²) in [6.07, 6.45) is 5.96. The van der Waals surface area contributed by atoms with Crippen LogP contribution in [0.5, 0.6) is 0 Å². The van der Waals surface area contributed by atoms with Crippen LogP contribution < -0.4 is 10.4 Å². The van der Waals surface area contributed by atoms with Crippen molar-refractivity contribution in [1.82, 2.24) is 0 Å². The van der Waals surface area contributed by atoms with Crippen molar-refractivity contribution >= 4 is 24.2 Å². The lowest BCUT2D eigenvalue weighted by Gasteiger charge is -2.45. The van der Waals surface area contributed by atoms with E-state index in [2.05, 4.69) is 88.4 Å². The van der Waals surface area contributed by atoms with E-state index in [0.717, 1.165) is 25.0 Å². The Hall–Kier alpha value is -2.13. The van der Waals surface area contributed by atoms with Crippen LogP contribution in [-0.4, -0.2) is 20.0 Å². The second kappa shape index (κ2) is 8.78. The first kappa shape index (κ1) is 22.1. The molecular formula is C28H36O2Si. The number of hydrogen-bond donors (Lipinski definition) is 0. The third kappa shape index (κ3) is 4.05. The Balaban J connectivity index is 1.75. The van der Waals surface area contributed by atoms with Gasteiger partial charge in [-0.2, -0.15) is 0 Å². The fourth-order valence-electron chi connectivity index (χ4n) is 6.11. The summed E-state index contributed by atoms with van der Waals surface area (Å²) in [5.74, 6) is 1.73. The standard InChI is InChI=1S/C28H36O2Si/c1-21-27(20-23(30-21)19-26(29)22-13-11-12-14-22)31(28(2,3)4,24-15-7-5-8-16-24)25-17-9-6-10-18-25/h5-10,15-18,22-23H,11-14,19-20H2,1-4H3. The molecule has 0 saturated heterocycles. The van der Waals surface area contributed by atoms with Crippen molar-refractivity contribution in [3.05, 3.63) is 71.6 Å². The number of Topliss-reactive ketones (excluding diaryl/α,β-unsaturated/α-hetero) is 1. The molecule has 164 valence electrons. The van der Waals surface area contributed by atoms with Crippen LogP contribution in [0.15, 0.2) is 71.6 Å². The molecule has 0 N–H and O–H groups in total. The van der Waals surface area contributed by atoms with Gasteiger partial charge in [-0.15, -0.1) is 0 Å². The van der Waals surface area contributed by atoms with Gasteiger partial charge in [0, 0.05) is 18.8 Å². The highest BCUT2D eigenvalue weighted by molar-refractivity contribution is 7.09. The Morgan fingerprint density at radius 3 is 1.94 bits per heavy atom. The van der Waals surface area contributed by atoms with Crippen LogP contribution in [0.25, 0.3) is 0 Å². The second-order valence-corrected chi connectivity index (χ2v) is 15.1. The first-order valence-corrected chi connectivity index (χ1v) is 13.8. The molecule has 2 nitrogen and oxygen atoms in total. The SMILES string of the molecule is CC1=C([Si](c2ccccc2)(c2ccccc2)C(C)(C)C)CC(CC(=O)C2CCCC2)O1. The van der Waals surface area contributed by atoms with E-state index >= 15 is 0 Å². The van der Waals surface area contributed by atoms with E-state index < -0.39 is 8.07 Å². The maximum Gasteiger partial charge on any atom is 0.153 e. The summed E-state index contributed by atoms with van der Waals surface area (Å²) in [6, 6.07) is 22.1. The Morgan fingerprint density at radius 2 is 1.45 bits per heavy atom. The highest BCUT2D eigenvalue weighted by Gasteiger charge is 2.53. The number of rotatable bonds is 6. The van der Waals surface area contributed by atoms with Crippen molar-refractivity contribution in [2.24, 2.45) is 5.92 Å². The summed E-state index contributed by atoms with van der Waals surface area (Å²) in [5, 5.41) is 4.37. The van der Waals surface area contributed by atoms with Crippen LogP contribution in [0.2, 0.25) is 5.04 Å². The molecule has 0 radical (unpaired) electrons. The molecule has 4 rings (SSSR count). The van der Waals surface area contributed by atoms with Crippen molar-refractivity contribution in [3.63, 3.8) is 0 Å². The van der Waals surface area contributed by atoms with Gasteiger partial charge in [-0.3, -0.25) is 4.79 Å². The van der Waals surface area contributed by atoms with Gasteiger partial charge >= 0.3 is 0 Å². The molecule has 0 bridgehead atoms. The number of ketones is 1. The summed E-state index contributed by atoms with van der Waals surface area (Å²) in [5.41, 5.74) is 0. The van der Waals surface area contributed by atoms with Gasteiger partial charge in [-0.25, -0.2) is 0 Å². The van der Waals surface area contributed by atoms with Crippen molar-refractivity contribution in [3.8, 4) is 0 Å². The minimum atomic E-state index is -2.36. The van der Waals surface area contributed by atoms with Gasteiger partial charge in [0.2, 0.25) is 0 Å². The van der Waals surface area contributed by atoms with Crippen LogP contribution in [-0.2, 0) is 9.53 Å². The Labute approximate surface area is 188 Å². The summed E-state index contributed by atoms with van der Waals surface area (Å²) in [7, 11) is -2.36. The molecule has 1 fully saturated rings. The molecule has 0 spiro atoms. The molecule has 2 aromatic rings. The van der Waals surface area contributed by atoms with Crippen LogP contribution in [0.4, 0.5) is 0 Å². The normalized spacial score (nSPS) is 20.2. The summed E-state index contributed by atoms with van der Waals surface area (Å²) >= 11 is 0. The molecule has 1 heterocycles. The molecule has 1 atom stereocenters. The predicted octanol–water partition coefficient (Wildman–Crippen LogP) is 5.80. The molecule has 31 heavy (non-hydrogen) atoms. The van der Waals surface area contributed by atoms with Gasteiger partial charge in [0.1, 0.15) is 11.9 Å². The molecule has 2 aromatic carbocycles. The average Bonchev–Trinajstić information content (AvgIpc) is 3.40. The quantitative estimate of drug-likeness (QED) is 0.539. The van der Waals surface area contributed by atoms with E-state index in [0.29, 0.717) is 12.2 Å². The van der Waals surface area contributed by atoms with Gasteiger partial charge in [-0.05, 0) is 40.4 Å². The smallest absolute Gasteiger partial charge is 0.153 e. The minimum absolute atomic E-state index is 0.00949. The van der Waals surface area contributed by atoms with Crippen LogP contribution in [0.3, 0.4) is 0 Å². The second-order valence-electron chi connectivity index (χ2n) is 10.4. The van der Waals surface area contributed by atoms with E-state index in [1.165, 1.54) is 28.4 Å². The summed E-state index contributed by atoms with van der Waals surface area (Å²) in [6.45, 7) is 9.29. The molecule has 1 saturated carbocycles. The van der Waals surface area contributed by atoms with Crippen molar-refractivity contribution < 1.29 is 9.53 Å². The largest absolute Gasteiger partial charge is 0.495 e. The number of hydrogen-bond acceptors (Lipinski definition) is 2. The molecular weight excluding hydrogens is 396 g/mol. The maximum atomic E-state index is 12.9. The Bertz CT molecular complexity index is 894. The number of ether oxygens (including phenoxy) is 1. The van der Waals surface area contributed by atoms with Gasteiger partial charge in [0.15, 0.2) is 8.07 Å². The number of carbonyl (C=O) groups excluding carboxylic acids is 1. The molecule has 3 heteroatoms. The Kier molecular flexibility index (Phi) is 6.25. The molecule has 1 unspecified atom stereocenters. The predicted molar refractivity (Wildman–Crippen MR) is 131 cm³/mol. The van der Waals surface area contributed by atoms with E-state index in [9.17, 15) is 4.79 Å². The molecule has 2 aliphatic rings. The summed E-state index contributed by atoms with van der Waals surface area (Å²) < 4.78 is 6.44. The molecule has 0 aromatic heterocycles. The third-order valence-corrected chi connectivity index (χ3v) is 13.5. The van der Waals surface area contributed by atoms with E-state index in [4.69, 9.17) is 4.74 Å². The van der Waals surface area contributed by atoms with Crippen LogP contribution in [0, 0.1) is 5.92 Å². The van der Waals surface area contributed by atoms with E-state index in [1.54, 1.807) is 0 Å². The van der Waals surface area contributed by atoms with E-state index in [-0.39, 0.29) is 17.1 Å². The number of allylic oxidation sites excluding steroid dienone is 1. The van der Waals surface area contributed by atoms with E-state index in [1.807, 2.05) is 0 Å². The topological polar surface area (TPSA) is 26.3 Å². The van der Waals surface area contributed by atoms with Crippen molar-refractivity contribution in [2.45, 2.75) is 77.4 Å². The molecule has 1 aliphatic carbocycles. The minimum Gasteiger partial charge on any atom is -0.495 e. The van der Waals surface area contributed by atoms with Crippen LogP contribution in [0.1, 0.15) is 66.2 Å². The van der Waals surface area contributed by atoms with Crippen molar-refractivity contribution in [1.29, 1.82) is 0 Å². The lowest BCUT2D eigenvalue weighted by molar-refractivity contribution is -0.124. The van der Waals surface area contributed by atoms with Gasteiger partial charge in [0.05, 0.1) is 5.76 Å². The first-order valence-electron chi connectivity index (χ1n) is 11.8. The van der Waals surface area contributed by atoms with Gasteiger partial charge in [0.25, 0.3) is 0 Å². The highest BCUT2D eigenvalue weighted by Crippen LogP contribution is 2.46. The Morgan fingerprint density at radius 1 is 0.935 bits per heavy atom. The fourth-order valence-corrected chi connectivity index (χ4v) is 12.3. The highest BCUT2D eigenvalue weighted by atomic mass is 28.3. The van der Waals surface area contributed by atoms with Crippen molar-refractivity contribution in [2.75, 3.05) is 0 Å².